The van der Waals surface area contributed by atoms with E-state index in [1.165, 1.54) is 6.33 Å². The van der Waals surface area contributed by atoms with Gasteiger partial charge in [-0.1, -0.05) is 0 Å². The Morgan fingerprint density at radius 2 is 1.91 bits per heavy atom. The van der Waals surface area contributed by atoms with Crippen molar-refractivity contribution in [2.75, 3.05) is 29.9 Å². The third-order valence-electron chi connectivity index (χ3n) is 3.97. The fraction of sp³-hybridized carbons (Fsp3) is 0.467. The number of aromatic nitrogens is 4. The predicted molar refractivity (Wildman–Crippen MR) is 82.6 cm³/mol. The Morgan fingerprint density at radius 1 is 1.18 bits per heavy atom. The first-order valence-electron chi connectivity index (χ1n) is 7.23. The van der Waals surface area contributed by atoms with E-state index in [2.05, 4.69) is 24.8 Å². The lowest BCUT2D eigenvalue weighted by molar-refractivity contribution is 0.478. The second-order valence-electron chi connectivity index (χ2n) is 5.68. The van der Waals surface area contributed by atoms with Crippen LogP contribution in [0, 0.1) is 26.6 Å². The van der Waals surface area contributed by atoms with Crippen LogP contribution < -0.4 is 9.80 Å². The zero-order valence-corrected chi connectivity index (χ0v) is 13.2. The van der Waals surface area contributed by atoms with Crippen molar-refractivity contribution in [3.05, 3.63) is 35.4 Å². The third kappa shape index (κ3) is 2.58. The van der Waals surface area contributed by atoms with Crippen LogP contribution in [0.25, 0.3) is 0 Å². The number of likely N-dealkylation sites (N-methyl/N-ethyl adjacent to an activating group) is 1. The van der Waals surface area contributed by atoms with E-state index in [0.717, 1.165) is 30.4 Å². The first kappa shape index (κ1) is 14.6. The van der Waals surface area contributed by atoms with Gasteiger partial charge in [-0.25, -0.2) is 24.3 Å². The van der Waals surface area contributed by atoms with Crippen molar-refractivity contribution < 1.29 is 4.39 Å². The first-order valence-corrected chi connectivity index (χ1v) is 7.23. The van der Waals surface area contributed by atoms with Gasteiger partial charge >= 0.3 is 0 Å². The van der Waals surface area contributed by atoms with Crippen LogP contribution >= 0.6 is 0 Å². The van der Waals surface area contributed by atoms with Crippen LogP contribution in [0.15, 0.2) is 12.4 Å². The molecule has 1 aliphatic heterocycles. The van der Waals surface area contributed by atoms with Crippen molar-refractivity contribution in [2.45, 2.75) is 26.8 Å². The predicted octanol–water partition coefficient (Wildman–Crippen LogP) is 1.66. The number of hydrogen-bond acceptors (Lipinski definition) is 6. The fourth-order valence-electron chi connectivity index (χ4n) is 2.61. The summed E-state index contributed by atoms with van der Waals surface area (Å²) in [5.74, 6) is 1.70. The summed E-state index contributed by atoms with van der Waals surface area (Å²) in [5.41, 5.74) is 1.33. The van der Waals surface area contributed by atoms with E-state index in [1.54, 1.807) is 6.92 Å². The van der Waals surface area contributed by atoms with Crippen molar-refractivity contribution in [1.29, 1.82) is 0 Å². The highest BCUT2D eigenvalue weighted by molar-refractivity contribution is 5.49. The Morgan fingerprint density at radius 3 is 2.59 bits per heavy atom. The number of aryl methyl sites for hydroxylation is 3. The molecule has 6 nitrogen and oxygen atoms in total. The first-order chi connectivity index (χ1) is 10.5. The monoisotopic (exact) mass is 302 g/mol. The molecule has 0 N–H and O–H groups in total. The average Bonchev–Trinajstić information content (AvgIpc) is 2.39. The molecule has 0 saturated carbocycles. The molecule has 3 rings (SSSR count). The maximum absolute atomic E-state index is 14.1. The topological polar surface area (TPSA) is 58.0 Å². The number of nitrogens with zero attached hydrogens (tertiary/aromatic N) is 6. The van der Waals surface area contributed by atoms with Gasteiger partial charge in [0, 0.05) is 31.9 Å². The van der Waals surface area contributed by atoms with Crippen LogP contribution in [0.3, 0.4) is 0 Å². The van der Waals surface area contributed by atoms with Crippen LogP contribution in [0.2, 0.25) is 0 Å². The van der Waals surface area contributed by atoms with Crippen molar-refractivity contribution in [3.63, 3.8) is 0 Å². The van der Waals surface area contributed by atoms with Gasteiger partial charge in [0.05, 0.1) is 11.7 Å². The van der Waals surface area contributed by atoms with Gasteiger partial charge in [0.25, 0.3) is 0 Å². The van der Waals surface area contributed by atoms with E-state index < -0.39 is 0 Å². The molecule has 0 unspecified atom stereocenters. The highest BCUT2D eigenvalue weighted by Gasteiger charge is 2.33. The molecule has 0 atom stereocenters. The molecule has 1 aliphatic rings. The van der Waals surface area contributed by atoms with Gasteiger partial charge in [0.15, 0.2) is 11.6 Å². The second kappa shape index (κ2) is 5.47. The Bertz CT molecular complexity index is 678. The molecule has 2 aromatic rings. The van der Waals surface area contributed by atoms with Crippen LogP contribution in [0.5, 0.6) is 0 Å². The molecule has 0 aliphatic carbocycles. The Labute approximate surface area is 129 Å². The van der Waals surface area contributed by atoms with Gasteiger partial charge in [-0.2, -0.15) is 0 Å². The number of rotatable bonds is 3. The summed E-state index contributed by atoms with van der Waals surface area (Å²) < 4.78 is 14.1. The molecule has 0 bridgehead atoms. The highest BCUT2D eigenvalue weighted by atomic mass is 19.1. The fourth-order valence-corrected chi connectivity index (χ4v) is 2.61. The molecule has 0 amide bonds. The lowest BCUT2D eigenvalue weighted by Gasteiger charge is -2.45. The molecule has 7 heteroatoms. The number of hydrogen-bond donors (Lipinski definition) is 0. The van der Waals surface area contributed by atoms with E-state index >= 15 is 0 Å². The zero-order valence-electron chi connectivity index (χ0n) is 13.2. The summed E-state index contributed by atoms with van der Waals surface area (Å²) in [4.78, 5) is 20.7. The Hall–Kier alpha value is -2.31. The van der Waals surface area contributed by atoms with E-state index in [9.17, 15) is 4.39 Å². The minimum absolute atomic E-state index is 0.208. The van der Waals surface area contributed by atoms with Gasteiger partial charge in [0.2, 0.25) is 0 Å². The molecule has 2 aromatic heterocycles. The molecule has 116 valence electrons. The lowest BCUT2D eigenvalue weighted by Crippen LogP contribution is -2.59. The van der Waals surface area contributed by atoms with Crippen molar-refractivity contribution >= 4 is 11.6 Å². The minimum Gasteiger partial charge on any atom is -0.352 e. The Balaban J connectivity index is 1.71. The maximum Gasteiger partial charge on any atom is 0.186 e. The average molecular weight is 302 g/mol. The van der Waals surface area contributed by atoms with E-state index in [1.807, 2.05) is 31.9 Å². The summed E-state index contributed by atoms with van der Waals surface area (Å²) in [6.45, 7) is 7.07. The van der Waals surface area contributed by atoms with Crippen LogP contribution in [-0.4, -0.2) is 46.1 Å². The normalized spacial score (nSPS) is 14.9. The zero-order chi connectivity index (χ0) is 15.9. The molecular weight excluding hydrogens is 283 g/mol. The van der Waals surface area contributed by atoms with Gasteiger partial charge in [0.1, 0.15) is 18.0 Å². The Kier molecular flexibility index (Phi) is 3.64. The van der Waals surface area contributed by atoms with E-state index in [-0.39, 0.29) is 11.9 Å². The van der Waals surface area contributed by atoms with Crippen molar-refractivity contribution in [2.24, 2.45) is 0 Å². The lowest BCUT2D eigenvalue weighted by atomic mass is 10.1. The molecule has 0 aromatic carbocycles. The highest BCUT2D eigenvalue weighted by Crippen LogP contribution is 2.26. The van der Waals surface area contributed by atoms with Gasteiger partial charge in [-0.15, -0.1) is 0 Å². The minimum atomic E-state index is -0.350. The van der Waals surface area contributed by atoms with E-state index in [4.69, 9.17) is 0 Å². The third-order valence-corrected chi connectivity index (χ3v) is 3.97. The number of halogens is 1. The van der Waals surface area contributed by atoms with Crippen LogP contribution in [0.4, 0.5) is 16.0 Å². The van der Waals surface area contributed by atoms with Crippen LogP contribution in [0.1, 0.15) is 17.2 Å². The number of anilines is 2. The quantitative estimate of drug-likeness (QED) is 0.859. The van der Waals surface area contributed by atoms with Gasteiger partial charge < -0.3 is 9.80 Å². The molecular formula is C15H19FN6. The van der Waals surface area contributed by atoms with Gasteiger partial charge in [-0.05, 0) is 20.8 Å². The van der Waals surface area contributed by atoms with Crippen molar-refractivity contribution in [1.82, 2.24) is 19.9 Å². The second-order valence-corrected chi connectivity index (χ2v) is 5.68. The van der Waals surface area contributed by atoms with Gasteiger partial charge in [-0.3, -0.25) is 0 Å². The SMILES string of the molecule is Cc1cc(N2CC(N(C)c3ncnc(C)c3F)C2)nc(C)n1. The molecule has 1 saturated heterocycles. The molecule has 3 heterocycles. The summed E-state index contributed by atoms with van der Waals surface area (Å²) in [5, 5.41) is 0. The van der Waals surface area contributed by atoms with Crippen molar-refractivity contribution in [3.8, 4) is 0 Å². The standard InChI is InChI=1S/C15H19FN6/c1-9-5-13(20-11(3)19-9)22-6-12(7-22)21(4)15-14(16)10(2)17-8-18-15/h5,8,12H,6-7H2,1-4H3. The maximum atomic E-state index is 14.1. The smallest absolute Gasteiger partial charge is 0.186 e. The molecule has 1 fully saturated rings. The molecule has 0 radical (unpaired) electrons. The molecule has 22 heavy (non-hydrogen) atoms. The summed E-state index contributed by atoms with van der Waals surface area (Å²) in [7, 11) is 1.86. The van der Waals surface area contributed by atoms with E-state index in [0.29, 0.717) is 11.5 Å². The van der Waals surface area contributed by atoms with Crippen LogP contribution in [-0.2, 0) is 0 Å². The molecule has 0 spiro atoms. The largest absolute Gasteiger partial charge is 0.352 e. The summed E-state index contributed by atoms with van der Waals surface area (Å²) >= 11 is 0. The summed E-state index contributed by atoms with van der Waals surface area (Å²) in [6.07, 6.45) is 1.40. The summed E-state index contributed by atoms with van der Waals surface area (Å²) in [6, 6.07) is 2.18.